The summed E-state index contributed by atoms with van der Waals surface area (Å²) in [6.45, 7) is 0. The first kappa shape index (κ1) is 13.0. The number of aromatic nitrogens is 2. The van der Waals surface area contributed by atoms with Crippen molar-refractivity contribution in [2.75, 3.05) is 0 Å². The molecular weight excluding hydrogens is 276 g/mol. The lowest BCUT2D eigenvalue weighted by molar-refractivity contribution is 0.318. The molecule has 0 aliphatic heterocycles. The highest BCUT2D eigenvalue weighted by Gasteiger charge is 2.19. The third kappa shape index (κ3) is 2.49. The standard InChI is InChI=1S/C13H14N4O2S/c14-11(17-18)9-7-8-3-1-2-4-10(8)16-12(9)20-13-15-5-6-19-13/h5-7,18H,1-4H2,(H2,14,17). The maximum atomic E-state index is 8.93. The summed E-state index contributed by atoms with van der Waals surface area (Å²) in [6, 6.07) is 1.96. The maximum Gasteiger partial charge on any atom is 0.261 e. The molecule has 0 aromatic carbocycles. The second kappa shape index (κ2) is 5.54. The molecule has 0 atom stereocenters. The first-order valence-corrected chi connectivity index (χ1v) is 7.17. The van der Waals surface area contributed by atoms with Crippen LogP contribution in [0.2, 0.25) is 0 Å². The Hall–Kier alpha value is -2.02. The highest BCUT2D eigenvalue weighted by atomic mass is 32.2. The molecule has 0 bridgehead atoms. The number of rotatable bonds is 3. The van der Waals surface area contributed by atoms with E-state index < -0.39 is 0 Å². The van der Waals surface area contributed by atoms with Gasteiger partial charge in [-0.25, -0.2) is 9.97 Å². The van der Waals surface area contributed by atoms with Crippen LogP contribution < -0.4 is 5.73 Å². The van der Waals surface area contributed by atoms with E-state index in [2.05, 4.69) is 15.1 Å². The van der Waals surface area contributed by atoms with Crippen LogP contribution in [0.1, 0.15) is 29.7 Å². The van der Waals surface area contributed by atoms with Crippen molar-refractivity contribution in [3.8, 4) is 0 Å². The zero-order chi connectivity index (χ0) is 13.9. The topological polar surface area (TPSA) is 97.5 Å². The minimum absolute atomic E-state index is 0.0555. The molecule has 3 rings (SSSR count). The molecule has 2 aromatic rings. The molecule has 6 nitrogen and oxygen atoms in total. The van der Waals surface area contributed by atoms with Crippen molar-refractivity contribution < 1.29 is 9.62 Å². The number of amidine groups is 1. The number of aryl methyl sites for hydroxylation is 2. The Labute approximate surface area is 120 Å². The van der Waals surface area contributed by atoms with Crippen molar-refractivity contribution in [3.05, 3.63) is 35.3 Å². The average molecular weight is 290 g/mol. The highest BCUT2D eigenvalue weighted by Crippen LogP contribution is 2.31. The molecule has 20 heavy (non-hydrogen) atoms. The Balaban J connectivity index is 2.05. The molecule has 0 spiro atoms. The molecule has 7 heteroatoms. The molecule has 104 valence electrons. The zero-order valence-electron chi connectivity index (χ0n) is 10.7. The first-order valence-electron chi connectivity index (χ1n) is 6.36. The molecule has 0 radical (unpaired) electrons. The van der Waals surface area contributed by atoms with E-state index in [-0.39, 0.29) is 5.84 Å². The van der Waals surface area contributed by atoms with Gasteiger partial charge in [0.05, 0.1) is 11.8 Å². The number of pyridine rings is 1. The van der Waals surface area contributed by atoms with Crippen LogP contribution in [0.15, 0.2) is 38.3 Å². The molecule has 0 saturated carbocycles. The van der Waals surface area contributed by atoms with Gasteiger partial charge in [-0.05, 0) is 49.1 Å². The smallest absolute Gasteiger partial charge is 0.261 e. The monoisotopic (exact) mass is 290 g/mol. The van der Waals surface area contributed by atoms with Crippen LogP contribution >= 0.6 is 11.8 Å². The van der Waals surface area contributed by atoms with E-state index in [0.717, 1.165) is 31.4 Å². The van der Waals surface area contributed by atoms with Crippen LogP contribution in [0.3, 0.4) is 0 Å². The quantitative estimate of drug-likeness (QED) is 0.389. The van der Waals surface area contributed by atoms with Crippen LogP contribution in [0, 0.1) is 0 Å². The van der Waals surface area contributed by atoms with Gasteiger partial charge in [0.25, 0.3) is 5.22 Å². The number of fused-ring (bicyclic) bond motifs is 1. The van der Waals surface area contributed by atoms with Crippen molar-refractivity contribution in [1.29, 1.82) is 0 Å². The third-order valence-corrected chi connectivity index (χ3v) is 4.12. The SMILES string of the molecule is N/C(=N/O)c1cc2c(nc1Sc1ncco1)CCCC2. The van der Waals surface area contributed by atoms with Crippen LogP contribution in [-0.2, 0) is 12.8 Å². The predicted molar refractivity (Wildman–Crippen MR) is 74.0 cm³/mol. The summed E-state index contributed by atoms with van der Waals surface area (Å²) in [5.74, 6) is 0.0555. The minimum atomic E-state index is 0.0555. The number of nitrogens with zero attached hydrogens (tertiary/aromatic N) is 3. The van der Waals surface area contributed by atoms with Gasteiger partial charge < -0.3 is 15.4 Å². The van der Waals surface area contributed by atoms with E-state index in [9.17, 15) is 0 Å². The van der Waals surface area contributed by atoms with Crippen LogP contribution in [-0.4, -0.2) is 21.0 Å². The number of hydrogen-bond donors (Lipinski definition) is 2. The summed E-state index contributed by atoms with van der Waals surface area (Å²) in [7, 11) is 0. The summed E-state index contributed by atoms with van der Waals surface area (Å²) < 4.78 is 5.22. The van der Waals surface area contributed by atoms with Crippen molar-refractivity contribution in [2.45, 2.75) is 35.9 Å². The molecule has 0 unspecified atom stereocenters. The Morgan fingerprint density at radius 3 is 3.00 bits per heavy atom. The Morgan fingerprint density at radius 2 is 2.25 bits per heavy atom. The minimum Gasteiger partial charge on any atom is -0.440 e. The summed E-state index contributed by atoms with van der Waals surface area (Å²) in [5.41, 5.74) is 8.63. The van der Waals surface area contributed by atoms with Crippen LogP contribution in [0.25, 0.3) is 0 Å². The van der Waals surface area contributed by atoms with E-state index >= 15 is 0 Å². The molecular formula is C13H14N4O2S. The maximum absolute atomic E-state index is 8.93. The number of oxazole rings is 1. The van der Waals surface area contributed by atoms with Crippen molar-refractivity contribution in [1.82, 2.24) is 9.97 Å². The fraction of sp³-hybridized carbons (Fsp3) is 0.308. The van der Waals surface area contributed by atoms with Gasteiger partial charge in [-0.15, -0.1) is 0 Å². The van der Waals surface area contributed by atoms with Gasteiger partial charge >= 0.3 is 0 Å². The number of hydrogen-bond acceptors (Lipinski definition) is 6. The Morgan fingerprint density at radius 1 is 1.40 bits per heavy atom. The average Bonchev–Trinajstić information content (AvgIpc) is 2.98. The largest absolute Gasteiger partial charge is 0.440 e. The van der Waals surface area contributed by atoms with Crippen LogP contribution in [0.5, 0.6) is 0 Å². The van der Waals surface area contributed by atoms with Gasteiger partial charge in [0.15, 0.2) is 5.84 Å². The molecule has 1 aliphatic carbocycles. The lowest BCUT2D eigenvalue weighted by atomic mass is 9.95. The lowest BCUT2D eigenvalue weighted by Gasteiger charge is -2.17. The summed E-state index contributed by atoms with van der Waals surface area (Å²) in [5, 5.41) is 13.2. The second-order valence-electron chi connectivity index (χ2n) is 4.54. The first-order chi connectivity index (χ1) is 9.78. The molecule has 1 aliphatic rings. The fourth-order valence-electron chi connectivity index (χ4n) is 2.27. The van der Waals surface area contributed by atoms with E-state index in [1.807, 2.05) is 6.07 Å². The summed E-state index contributed by atoms with van der Waals surface area (Å²) >= 11 is 1.28. The Bertz CT molecular complexity index is 640. The van der Waals surface area contributed by atoms with Gasteiger partial charge in [-0.3, -0.25) is 0 Å². The van der Waals surface area contributed by atoms with Gasteiger partial charge in [0, 0.05) is 5.69 Å². The summed E-state index contributed by atoms with van der Waals surface area (Å²) in [4.78, 5) is 8.71. The molecule has 3 N–H and O–H groups in total. The van der Waals surface area contributed by atoms with Crippen molar-refractivity contribution >= 4 is 17.6 Å². The van der Waals surface area contributed by atoms with E-state index in [4.69, 9.17) is 15.4 Å². The van der Waals surface area contributed by atoms with Gasteiger partial charge in [-0.1, -0.05) is 5.16 Å². The fourth-order valence-corrected chi connectivity index (χ4v) is 3.09. The van der Waals surface area contributed by atoms with Gasteiger partial charge in [0.1, 0.15) is 11.3 Å². The Kier molecular flexibility index (Phi) is 3.60. The second-order valence-corrected chi connectivity index (χ2v) is 5.48. The van der Waals surface area contributed by atoms with Gasteiger partial charge in [-0.2, -0.15) is 0 Å². The normalized spacial score (nSPS) is 15.1. The molecule has 0 amide bonds. The van der Waals surface area contributed by atoms with E-state index in [1.54, 1.807) is 6.20 Å². The molecule has 0 saturated heterocycles. The highest BCUT2D eigenvalue weighted by molar-refractivity contribution is 7.99. The lowest BCUT2D eigenvalue weighted by Crippen LogP contribution is -2.17. The zero-order valence-corrected chi connectivity index (χ0v) is 11.6. The summed E-state index contributed by atoms with van der Waals surface area (Å²) in [6.07, 6.45) is 7.32. The predicted octanol–water partition coefficient (Wildman–Crippen LogP) is 2.19. The van der Waals surface area contributed by atoms with Gasteiger partial charge in [0.2, 0.25) is 0 Å². The number of oxime groups is 1. The molecule has 2 heterocycles. The van der Waals surface area contributed by atoms with E-state index in [1.165, 1.54) is 23.6 Å². The van der Waals surface area contributed by atoms with Crippen molar-refractivity contribution in [3.63, 3.8) is 0 Å². The molecule has 0 fully saturated rings. The third-order valence-electron chi connectivity index (χ3n) is 3.24. The van der Waals surface area contributed by atoms with E-state index in [0.29, 0.717) is 15.8 Å². The molecule has 2 aromatic heterocycles. The number of nitrogens with two attached hydrogens (primary N) is 1. The van der Waals surface area contributed by atoms with Crippen LogP contribution in [0.4, 0.5) is 0 Å². The van der Waals surface area contributed by atoms with Crippen molar-refractivity contribution in [2.24, 2.45) is 10.9 Å².